The molecule has 186 valence electrons. The van der Waals surface area contributed by atoms with Crippen LogP contribution in [0.3, 0.4) is 0 Å². The zero-order valence-corrected chi connectivity index (χ0v) is 21.4. The molecule has 0 saturated carbocycles. The lowest BCUT2D eigenvalue weighted by Gasteiger charge is -2.24. The number of methoxy groups -OCH3 is 1. The molecule has 5 nitrogen and oxygen atoms in total. The maximum atomic E-state index is 14.7. The number of fused-ring (bicyclic) bond motifs is 2. The first kappa shape index (κ1) is 24.9. The standard InChI is InChI=1S/C29H22ClFN2O3S/c1-36-20-12-9-18(10-13-20)16-32-28(34)19-11-14-27-25(15-19)33(17-22-23(30)6-4-7-24(22)31)29(35)21-5-2-3-8-26(21)37-27/h2-15H,16-17H2,1H3,(H,32,34). The van der Waals surface area contributed by atoms with Crippen molar-refractivity contribution in [3.8, 4) is 5.75 Å². The van der Waals surface area contributed by atoms with Crippen LogP contribution in [0.4, 0.5) is 10.1 Å². The molecule has 37 heavy (non-hydrogen) atoms. The fourth-order valence-electron chi connectivity index (χ4n) is 4.09. The van der Waals surface area contributed by atoms with Gasteiger partial charge in [0.05, 0.1) is 24.9 Å². The highest BCUT2D eigenvalue weighted by molar-refractivity contribution is 7.99. The molecule has 1 heterocycles. The zero-order chi connectivity index (χ0) is 25.9. The Bertz CT molecular complexity index is 1470. The zero-order valence-electron chi connectivity index (χ0n) is 19.8. The molecule has 0 unspecified atom stereocenters. The molecule has 0 bridgehead atoms. The van der Waals surface area contributed by atoms with E-state index in [4.69, 9.17) is 16.3 Å². The monoisotopic (exact) mass is 532 g/mol. The number of anilines is 1. The summed E-state index contributed by atoms with van der Waals surface area (Å²) in [6.07, 6.45) is 0. The Kier molecular flexibility index (Phi) is 7.17. The maximum absolute atomic E-state index is 14.7. The third kappa shape index (κ3) is 5.19. The predicted molar refractivity (Wildman–Crippen MR) is 143 cm³/mol. The van der Waals surface area contributed by atoms with Gasteiger partial charge in [-0.1, -0.05) is 53.7 Å². The van der Waals surface area contributed by atoms with E-state index < -0.39 is 5.82 Å². The molecular formula is C29H22ClFN2O3S. The second-order valence-corrected chi connectivity index (χ2v) is 9.89. The molecule has 0 aromatic heterocycles. The molecule has 0 atom stereocenters. The molecule has 8 heteroatoms. The SMILES string of the molecule is COc1ccc(CNC(=O)c2ccc3c(c2)N(Cc2c(F)cccc2Cl)C(=O)c2ccccc2S3)cc1. The van der Waals surface area contributed by atoms with Crippen LogP contribution >= 0.6 is 23.4 Å². The van der Waals surface area contributed by atoms with Crippen LogP contribution in [0.2, 0.25) is 5.02 Å². The van der Waals surface area contributed by atoms with E-state index in [0.717, 1.165) is 21.1 Å². The fraction of sp³-hybridized carbons (Fsp3) is 0.103. The number of halogens is 2. The van der Waals surface area contributed by atoms with Gasteiger partial charge < -0.3 is 15.0 Å². The molecule has 1 aliphatic heterocycles. The molecule has 0 fully saturated rings. The van der Waals surface area contributed by atoms with Gasteiger partial charge in [-0.2, -0.15) is 0 Å². The molecule has 0 spiro atoms. The van der Waals surface area contributed by atoms with Crippen LogP contribution in [0.1, 0.15) is 31.8 Å². The van der Waals surface area contributed by atoms with Gasteiger partial charge in [-0.05, 0) is 60.2 Å². The number of nitrogens with zero attached hydrogens (tertiary/aromatic N) is 1. The smallest absolute Gasteiger partial charge is 0.259 e. The number of hydrogen-bond donors (Lipinski definition) is 1. The van der Waals surface area contributed by atoms with Crippen molar-refractivity contribution in [1.29, 1.82) is 0 Å². The average Bonchev–Trinajstić information content (AvgIpc) is 3.03. The summed E-state index contributed by atoms with van der Waals surface area (Å²) in [5.41, 5.74) is 2.53. The summed E-state index contributed by atoms with van der Waals surface area (Å²) >= 11 is 7.74. The average molecular weight is 533 g/mol. The minimum Gasteiger partial charge on any atom is -0.497 e. The normalized spacial score (nSPS) is 12.4. The highest BCUT2D eigenvalue weighted by Crippen LogP contribution is 2.42. The number of nitrogens with one attached hydrogen (secondary N) is 1. The van der Waals surface area contributed by atoms with Crippen LogP contribution < -0.4 is 15.0 Å². The molecule has 0 saturated heterocycles. The van der Waals surface area contributed by atoms with Gasteiger partial charge in [-0.25, -0.2) is 4.39 Å². The van der Waals surface area contributed by atoms with Crippen molar-refractivity contribution in [1.82, 2.24) is 5.32 Å². The van der Waals surface area contributed by atoms with Crippen LogP contribution in [-0.4, -0.2) is 18.9 Å². The lowest BCUT2D eigenvalue weighted by Crippen LogP contribution is -2.31. The molecule has 2 amide bonds. The van der Waals surface area contributed by atoms with E-state index in [2.05, 4.69) is 5.32 Å². The number of rotatable bonds is 6. The van der Waals surface area contributed by atoms with Gasteiger partial charge in [0, 0.05) is 32.5 Å². The van der Waals surface area contributed by atoms with Crippen LogP contribution in [0, 0.1) is 5.82 Å². The minimum absolute atomic E-state index is 0.0802. The Morgan fingerprint density at radius 2 is 1.78 bits per heavy atom. The van der Waals surface area contributed by atoms with E-state index in [0.29, 0.717) is 23.4 Å². The largest absolute Gasteiger partial charge is 0.497 e. The number of amides is 2. The second kappa shape index (κ2) is 10.7. The van der Waals surface area contributed by atoms with E-state index in [9.17, 15) is 14.0 Å². The minimum atomic E-state index is -0.500. The Labute approximate surface area is 223 Å². The van der Waals surface area contributed by atoms with Crippen molar-refractivity contribution in [2.24, 2.45) is 0 Å². The van der Waals surface area contributed by atoms with Crippen molar-refractivity contribution in [2.75, 3.05) is 12.0 Å². The van der Waals surface area contributed by atoms with Gasteiger partial charge in [-0.15, -0.1) is 0 Å². The van der Waals surface area contributed by atoms with Gasteiger partial charge in [0.25, 0.3) is 11.8 Å². The summed E-state index contributed by atoms with van der Waals surface area (Å²) < 4.78 is 19.9. The third-order valence-electron chi connectivity index (χ3n) is 6.08. The predicted octanol–water partition coefficient (Wildman–Crippen LogP) is 6.73. The van der Waals surface area contributed by atoms with E-state index in [-0.39, 0.29) is 28.9 Å². The number of hydrogen-bond acceptors (Lipinski definition) is 4. The Balaban J connectivity index is 1.49. The first-order valence-corrected chi connectivity index (χ1v) is 12.7. The van der Waals surface area contributed by atoms with Gasteiger partial charge in [0.2, 0.25) is 0 Å². The van der Waals surface area contributed by atoms with Crippen molar-refractivity contribution in [2.45, 2.75) is 22.9 Å². The molecule has 1 N–H and O–H groups in total. The van der Waals surface area contributed by atoms with Gasteiger partial charge in [0.1, 0.15) is 11.6 Å². The highest BCUT2D eigenvalue weighted by Gasteiger charge is 2.29. The van der Waals surface area contributed by atoms with Gasteiger partial charge in [0.15, 0.2) is 0 Å². The molecule has 1 aliphatic rings. The van der Waals surface area contributed by atoms with Crippen molar-refractivity contribution in [3.05, 3.63) is 118 Å². The Morgan fingerprint density at radius 3 is 2.54 bits per heavy atom. The van der Waals surface area contributed by atoms with Crippen LogP contribution in [0.5, 0.6) is 5.75 Å². The van der Waals surface area contributed by atoms with Crippen LogP contribution in [-0.2, 0) is 13.1 Å². The molecule has 5 rings (SSSR count). The molecule has 0 radical (unpaired) electrons. The van der Waals surface area contributed by atoms with Gasteiger partial charge in [-0.3, -0.25) is 9.59 Å². The van der Waals surface area contributed by atoms with Crippen molar-refractivity contribution >= 4 is 40.9 Å². The Hall–Kier alpha value is -3.81. The second-order valence-electron chi connectivity index (χ2n) is 8.40. The molecule has 4 aromatic rings. The molecule has 4 aromatic carbocycles. The summed E-state index contributed by atoms with van der Waals surface area (Å²) in [7, 11) is 1.60. The van der Waals surface area contributed by atoms with E-state index >= 15 is 0 Å². The molecular weight excluding hydrogens is 511 g/mol. The fourth-order valence-corrected chi connectivity index (χ4v) is 5.37. The van der Waals surface area contributed by atoms with E-state index in [1.807, 2.05) is 42.5 Å². The van der Waals surface area contributed by atoms with Crippen LogP contribution in [0.15, 0.2) is 94.7 Å². The number of carbonyl (C=O) groups is 2. The first-order chi connectivity index (χ1) is 17.9. The number of ether oxygens (including phenoxy) is 1. The van der Waals surface area contributed by atoms with E-state index in [1.54, 1.807) is 37.4 Å². The quantitative estimate of drug-likeness (QED) is 0.299. The van der Waals surface area contributed by atoms with Crippen molar-refractivity contribution in [3.63, 3.8) is 0 Å². The highest BCUT2D eigenvalue weighted by atomic mass is 35.5. The topological polar surface area (TPSA) is 58.6 Å². The summed E-state index contributed by atoms with van der Waals surface area (Å²) in [6.45, 7) is 0.247. The number of carbonyl (C=O) groups excluding carboxylic acids is 2. The first-order valence-electron chi connectivity index (χ1n) is 11.5. The van der Waals surface area contributed by atoms with Gasteiger partial charge >= 0.3 is 0 Å². The lowest BCUT2D eigenvalue weighted by atomic mass is 10.1. The van der Waals surface area contributed by atoms with E-state index in [1.165, 1.54) is 28.8 Å². The molecule has 0 aliphatic carbocycles. The summed E-state index contributed by atoms with van der Waals surface area (Å²) in [5.74, 6) is -0.349. The maximum Gasteiger partial charge on any atom is 0.259 e. The Morgan fingerprint density at radius 1 is 1.00 bits per heavy atom. The number of benzene rings is 4. The third-order valence-corrected chi connectivity index (χ3v) is 7.58. The summed E-state index contributed by atoms with van der Waals surface area (Å²) in [4.78, 5) is 29.8. The lowest BCUT2D eigenvalue weighted by molar-refractivity contribution is 0.0947. The van der Waals surface area contributed by atoms with Crippen molar-refractivity contribution < 1.29 is 18.7 Å². The summed E-state index contributed by atoms with van der Waals surface area (Å²) in [6, 6.07) is 24.3. The van der Waals surface area contributed by atoms with Crippen LogP contribution in [0.25, 0.3) is 0 Å². The summed E-state index contributed by atoms with van der Waals surface area (Å²) in [5, 5.41) is 3.14.